The molecule has 3 unspecified atom stereocenters. The highest BCUT2D eigenvalue weighted by molar-refractivity contribution is 7.86. The first-order valence-electron chi connectivity index (χ1n) is 6.38. The molecule has 106 valence electrons. The van der Waals surface area contributed by atoms with E-state index < -0.39 is 16.0 Å². The summed E-state index contributed by atoms with van der Waals surface area (Å²) in [4.78, 5) is 16.0. The van der Waals surface area contributed by atoms with Gasteiger partial charge < -0.3 is 11.1 Å². The highest BCUT2D eigenvalue weighted by Gasteiger charge is 2.24. The van der Waals surface area contributed by atoms with Crippen LogP contribution in [0.15, 0.2) is 23.4 Å². The van der Waals surface area contributed by atoms with Gasteiger partial charge in [-0.1, -0.05) is 13.3 Å². The molecule has 0 aliphatic heterocycles. The van der Waals surface area contributed by atoms with E-state index >= 15 is 0 Å². The number of nitrogens with two attached hydrogens (primary N) is 1. The van der Waals surface area contributed by atoms with E-state index in [1.807, 2.05) is 6.92 Å². The molecule has 0 aliphatic rings. The molecule has 0 saturated heterocycles. The highest BCUT2D eigenvalue weighted by atomic mass is 32.2. The van der Waals surface area contributed by atoms with E-state index in [0.717, 1.165) is 12.8 Å². The van der Waals surface area contributed by atoms with Crippen molar-refractivity contribution < 1.29 is 9.00 Å². The van der Waals surface area contributed by atoms with E-state index in [-0.39, 0.29) is 17.0 Å². The second-order valence-corrected chi connectivity index (χ2v) is 6.22. The number of nitrogens with zero attached hydrogens (tertiary/aromatic N) is 1. The maximum Gasteiger partial charge on any atom is 0.236 e. The fraction of sp³-hybridized carbons (Fsp3) is 0.538. The summed E-state index contributed by atoms with van der Waals surface area (Å²) in [6.45, 7) is 5.61. The molecule has 1 amide bonds. The van der Waals surface area contributed by atoms with Gasteiger partial charge in [0.1, 0.15) is 5.25 Å². The van der Waals surface area contributed by atoms with Gasteiger partial charge in [0.2, 0.25) is 5.91 Å². The molecule has 0 bridgehead atoms. The number of hydrogen-bond donors (Lipinski definition) is 2. The van der Waals surface area contributed by atoms with Crippen molar-refractivity contribution in [3.05, 3.63) is 18.3 Å². The Balaban J connectivity index is 2.72. The van der Waals surface area contributed by atoms with E-state index in [0.29, 0.717) is 5.69 Å². The molecule has 0 aromatic carbocycles. The maximum atomic E-state index is 12.3. The molecular weight excluding hydrogens is 262 g/mol. The Kier molecular flexibility index (Phi) is 5.95. The van der Waals surface area contributed by atoms with Crippen molar-refractivity contribution in [2.75, 3.05) is 5.73 Å². The van der Waals surface area contributed by atoms with E-state index in [9.17, 15) is 9.00 Å². The largest absolute Gasteiger partial charge is 0.396 e. The van der Waals surface area contributed by atoms with Crippen molar-refractivity contribution in [3.8, 4) is 0 Å². The normalized spacial score (nSPS) is 15.5. The average Bonchev–Trinajstić information content (AvgIpc) is 2.37. The lowest BCUT2D eigenvalue weighted by Crippen LogP contribution is -2.40. The molecule has 1 rings (SSSR count). The Bertz CT molecular complexity index is 465. The van der Waals surface area contributed by atoms with Crippen molar-refractivity contribution in [2.24, 2.45) is 0 Å². The van der Waals surface area contributed by atoms with Crippen LogP contribution in [0.2, 0.25) is 0 Å². The molecule has 0 aliphatic carbocycles. The standard InChI is InChI=1S/C13H21N3O2S/c1-4-6-9(2)16-12(17)10(3)19(18)13-11(14)7-5-8-15-13/h5,7-10H,4,6,14H2,1-3H3,(H,16,17). The SMILES string of the molecule is CCCC(C)NC(=O)C(C)S(=O)c1ncccc1N. The number of nitrogen functional groups attached to an aromatic ring is 1. The van der Waals surface area contributed by atoms with Crippen LogP contribution in [0.4, 0.5) is 5.69 Å². The molecule has 19 heavy (non-hydrogen) atoms. The van der Waals surface area contributed by atoms with Crippen LogP contribution in [0, 0.1) is 0 Å². The second kappa shape index (κ2) is 7.23. The van der Waals surface area contributed by atoms with Gasteiger partial charge >= 0.3 is 0 Å². The average molecular weight is 283 g/mol. The van der Waals surface area contributed by atoms with Crippen molar-refractivity contribution in [2.45, 2.75) is 49.9 Å². The van der Waals surface area contributed by atoms with Crippen molar-refractivity contribution in [1.82, 2.24) is 10.3 Å². The summed E-state index contributed by atoms with van der Waals surface area (Å²) in [7, 11) is -1.54. The first-order chi connectivity index (χ1) is 8.97. The Hall–Kier alpha value is -1.43. The highest BCUT2D eigenvalue weighted by Crippen LogP contribution is 2.16. The topological polar surface area (TPSA) is 85.1 Å². The summed E-state index contributed by atoms with van der Waals surface area (Å²) >= 11 is 0. The zero-order chi connectivity index (χ0) is 14.4. The van der Waals surface area contributed by atoms with Crippen molar-refractivity contribution in [1.29, 1.82) is 0 Å². The molecule has 0 radical (unpaired) electrons. The van der Waals surface area contributed by atoms with Gasteiger partial charge in [-0.2, -0.15) is 0 Å². The van der Waals surface area contributed by atoms with Crippen LogP contribution in [-0.4, -0.2) is 26.4 Å². The Morgan fingerprint density at radius 2 is 2.21 bits per heavy atom. The zero-order valence-corrected chi connectivity index (χ0v) is 12.4. The minimum atomic E-state index is -1.54. The van der Waals surface area contributed by atoms with Gasteiger partial charge in [0.25, 0.3) is 0 Å². The van der Waals surface area contributed by atoms with Crippen LogP contribution >= 0.6 is 0 Å². The number of rotatable bonds is 6. The van der Waals surface area contributed by atoms with Crippen LogP contribution in [0.1, 0.15) is 33.6 Å². The molecule has 0 spiro atoms. The smallest absolute Gasteiger partial charge is 0.236 e. The summed E-state index contributed by atoms with van der Waals surface area (Å²) in [6, 6.07) is 3.38. The summed E-state index contributed by atoms with van der Waals surface area (Å²) in [6.07, 6.45) is 3.41. The van der Waals surface area contributed by atoms with Gasteiger partial charge in [0.05, 0.1) is 16.5 Å². The lowest BCUT2D eigenvalue weighted by molar-refractivity contribution is -0.121. The first kappa shape index (κ1) is 15.6. The van der Waals surface area contributed by atoms with E-state index in [2.05, 4.69) is 17.2 Å². The molecule has 1 aromatic rings. The first-order valence-corrected chi connectivity index (χ1v) is 7.60. The minimum Gasteiger partial charge on any atom is -0.396 e. The molecule has 3 atom stereocenters. The van der Waals surface area contributed by atoms with Crippen LogP contribution in [-0.2, 0) is 15.6 Å². The number of aromatic nitrogens is 1. The summed E-state index contributed by atoms with van der Waals surface area (Å²) in [5.41, 5.74) is 6.07. The van der Waals surface area contributed by atoms with Gasteiger partial charge in [0.15, 0.2) is 5.03 Å². The van der Waals surface area contributed by atoms with Crippen LogP contribution in [0.3, 0.4) is 0 Å². The molecule has 1 heterocycles. The third kappa shape index (κ3) is 4.31. The predicted molar refractivity (Wildman–Crippen MR) is 77.0 cm³/mol. The monoisotopic (exact) mass is 283 g/mol. The van der Waals surface area contributed by atoms with Gasteiger partial charge in [-0.3, -0.25) is 9.00 Å². The van der Waals surface area contributed by atoms with E-state index in [1.54, 1.807) is 19.1 Å². The Labute approximate surface area is 116 Å². The molecule has 3 N–H and O–H groups in total. The van der Waals surface area contributed by atoms with E-state index in [1.165, 1.54) is 6.20 Å². The lowest BCUT2D eigenvalue weighted by Gasteiger charge is -2.17. The molecular formula is C13H21N3O2S. The Morgan fingerprint density at radius 3 is 2.79 bits per heavy atom. The van der Waals surface area contributed by atoms with Crippen molar-refractivity contribution >= 4 is 22.4 Å². The second-order valence-electron chi connectivity index (χ2n) is 4.54. The zero-order valence-electron chi connectivity index (χ0n) is 11.6. The summed E-state index contributed by atoms with van der Waals surface area (Å²) in [5.74, 6) is -0.232. The molecule has 1 aromatic heterocycles. The van der Waals surface area contributed by atoms with Crippen LogP contribution < -0.4 is 11.1 Å². The number of pyridine rings is 1. The van der Waals surface area contributed by atoms with Crippen LogP contribution in [0.5, 0.6) is 0 Å². The van der Waals surface area contributed by atoms with Gasteiger partial charge in [0, 0.05) is 12.2 Å². The van der Waals surface area contributed by atoms with Gasteiger partial charge in [-0.05, 0) is 32.4 Å². The van der Waals surface area contributed by atoms with E-state index in [4.69, 9.17) is 5.73 Å². The third-order valence-electron chi connectivity index (χ3n) is 2.79. The number of nitrogens with one attached hydrogen (secondary N) is 1. The van der Waals surface area contributed by atoms with Gasteiger partial charge in [-0.25, -0.2) is 4.98 Å². The lowest BCUT2D eigenvalue weighted by atomic mass is 10.2. The molecule has 0 fully saturated rings. The number of carbonyl (C=O) groups excluding carboxylic acids is 1. The quantitative estimate of drug-likeness (QED) is 0.828. The van der Waals surface area contributed by atoms with Gasteiger partial charge in [-0.15, -0.1) is 0 Å². The summed E-state index contributed by atoms with van der Waals surface area (Å²) < 4.78 is 12.3. The van der Waals surface area contributed by atoms with Crippen molar-refractivity contribution in [3.63, 3.8) is 0 Å². The third-order valence-corrected chi connectivity index (χ3v) is 4.37. The number of hydrogen-bond acceptors (Lipinski definition) is 4. The van der Waals surface area contributed by atoms with Crippen LogP contribution in [0.25, 0.3) is 0 Å². The molecule has 6 heteroatoms. The molecule has 0 saturated carbocycles. The fourth-order valence-electron chi connectivity index (χ4n) is 1.70. The minimum absolute atomic E-state index is 0.0815. The Morgan fingerprint density at radius 1 is 1.53 bits per heavy atom. The molecule has 5 nitrogen and oxygen atoms in total. The summed E-state index contributed by atoms with van der Waals surface area (Å²) in [5, 5.41) is 2.45. The number of amides is 1. The number of anilines is 1. The maximum absolute atomic E-state index is 12.3. The number of carbonyl (C=O) groups is 1. The predicted octanol–water partition coefficient (Wildman–Crippen LogP) is 1.46. The fourth-order valence-corrected chi connectivity index (χ4v) is 2.76.